The van der Waals surface area contributed by atoms with E-state index in [-0.39, 0.29) is 11.7 Å². The predicted molar refractivity (Wildman–Crippen MR) is 309 cm³/mol. The number of fused-ring (bicyclic) bond motifs is 2. The molecule has 0 aliphatic carbocycles. The van der Waals surface area contributed by atoms with Crippen LogP contribution in [0.25, 0.3) is 44.1 Å². The Hall–Kier alpha value is -7.45. The highest BCUT2D eigenvalue weighted by Crippen LogP contribution is 2.45. The second-order valence-electron chi connectivity index (χ2n) is 19.7. The standard InChI is InChI=1S/C67H71FN4O2/c1-9-57(65(47-19-15-13-16-20-47)49-25-33-55(34-26-49)73-41-39-69(5)6)52-29-37-63-59(43-52)61(45-71(63)11-3)67(51-23-31-54(68)32-24-51)62-46-72(12-4)64-38-30-53(44-60(62)64)58(10-2)66(48-21-17-14-18-22-48)50-27-35-56(36-28-50)74-42-40-70(7)8/h13-38,43-46,67H,9-12,39-42H2,1-8H3/b65-57+,66-58+. The van der Waals surface area contributed by atoms with Gasteiger partial charge in [0.15, 0.2) is 0 Å². The summed E-state index contributed by atoms with van der Waals surface area (Å²) in [6.45, 7) is 13.5. The first kappa shape index (κ1) is 51.5. The molecule has 0 fully saturated rings. The van der Waals surface area contributed by atoms with Crippen molar-refractivity contribution in [2.45, 2.75) is 59.5 Å². The summed E-state index contributed by atoms with van der Waals surface area (Å²) in [5.74, 6) is 1.27. The SMILES string of the molecule is CC/C(=C(/c1ccccc1)c1ccc(OCCN(C)C)cc1)c1ccc2c(c1)c(C(c1ccc(F)cc1)c1cn(CC)c3ccc(/C(CC)=C(\c4ccccc4)c4ccc(OCCN(C)C)cc4)cc13)cn2CC. The van der Waals surface area contributed by atoms with E-state index in [0.717, 1.165) is 67.2 Å². The van der Waals surface area contributed by atoms with Gasteiger partial charge in [0.1, 0.15) is 30.5 Å². The van der Waals surface area contributed by atoms with Gasteiger partial charge in [-0.25, -0.2) is 4.39 Å². The van der Waals surface area contributed by atoms with Gasteiger partial charge in [0, 0.05) is 66.3 Å². The van der Waals surface area contributed by atoms with Gasteiger partial charge in [-0.15, -0.1) is 0 Å². The van der Waals surface area contributed by atoms with Crippen LogP contribution in [0.4, 0.5) is 4.39 Å². The van der Waals surface area contributed by atoms with Gasteiger partial charge in [-0.05, 0) is 188 Å². The van der Waals surface area contributed by atoms with Crippen molar-refractivity contribution in [3.8, 4) is 11.5 Å². The maximum absolute atomic E-state index is 15.0. The normalized spacial score (nSPS) is 12.9. The quantitative estimate of drug-likeness (QED) is 0.0672. The van der Waals surface area contributed by atoms with Crippen molar-refractivity contribution in [3.05, 3.63) is 238 Å². The van der Waals surface area contributed by atoms with Crippen molar-refractivity contribution in [2.24, 2.45) is 0 Å². The van der Waals surface area contributed by atoms with E-state index >= 15 is 4.39 Å². The fourth-order valence-electron chi connectivity index (χ4n) is 10.6. The average molecular weight is 983 g/mol. The number of nitrogens with zero attached hydrogens (tertiary/aromatic N) is 4. The molecule has 2 heterocycles. The molecule has 74 heavy (non-hydrogen) atoms. The van der Waals surface area contributed by atoms with E-state index in [4.69, 9.17) is 9.47 Å². The number of hydrogen-bond donors (Lipinski definition) is 0. The summed E-state index contributed by atoms with van der Waals surface area (Å²) in [6, 6.07) is 59.9. The molecule has 0 atom stereocenters. The molecular formula is C67H71FN4O2. The Morgan fingerprint density at radius 2 is 0.838 bits per heavy atom. The smallest absolute Gasteiger partial charge is 0.123 e. The Kier molecular flexibility index (Phi) is 16.4. The van der Waals surface area contributed by atoms with Gasteiger partial charge >= 0.3 is 0 Å². The maximum Gasteiger partial charge on any atom is 0.123 e. The van der Waals surface area contributed by atoms with Gasteiger partial charge in [-0.2, -0.15) is 0 Å². The summed E-state index contributed by atoms with van der Waals surface area (Å²) in [5, 5.41) is 2.37. The Morgan fingerprint density at radius 3 is 1.20 bits per heavy atom. The van der Waals surface area contributed by atoms with E-state index < -0.39 is 0 Å². The number of ether oxygens (including phenoxy) is 2. The van der Waals surface area contributed by atoms with Gasteiger partial charge in [-0.1, -0.05) is 123 Å². The molecule has 0 N–H and O–H groups in total. The minimum Gasteiger partial charge on any atom is -0.492 e. The van der Waals surface area contributed by atoms with Crippen LogP contribution in [0.1, 0.15) is 96.5 Å². The number of rotatable bonds is 21. The Bertz CT molecular complexity index is 3160. The van der Waals surface area contributed by atoms with Gasteiger partial charge < -0.3 is 28.4 Å². The van der Waals surface area contributed by atoms with Gasteiger partial charge in [0.2, 0.25) is 0 Å². The molecule has 9 rings (SSSR count). The van der Waals surface area contributed by atoms with Crippen LogP contribution in [0, 0.1) is 5.82 Å². The summed E-state index contributed by atoms with van der Waals surface area (Å²) < 4.78 is 32.1. The van der Waals surface area contributed by atoms with E-state index in [1.54, 1.807) is 12.1 Å². The largest absolute Gasteiger partial charge is 0.492 e. The second kappa shape index (κ2) is 23.6. The number of likely N-dealkylation sites (N-methyl/N-ethyl adjacent to an activating group) is 2. The van der Waals surface area contributed by atoms with Crippen molar-refractivity contribution in [1.29, 1.82) is 0 Å². The fraction of sp³-hybridized carbons (Fsp3) is 0.254. The molecule has 0 spiro atoms. The molecule has 0 bridgehead atoms. The molecular weight excluding hydrogens is 912 g/mol. The zero-order valence-electron chi connectivity index (χ0n) is 44.5. The number of allylic oxidation sites excluding steroid dienone is 2. The van der Waals surface area contributed by atoms with Crippen LogP contribution in [0.3, 0.4) is 0 Å². The number of halogens is 1. The second-order valence-corrected chi connectivity index (χ2v) is 19.7. The molecule has 0 aliphatic heterocycles. The van der Waals surface area contributed by atoms with Crippen LogP contribution >= 0.6 is 0 Å². The molecule has 2 aromatic heterocycles. The van der Waals surface area contributed by atoms with Crippen LogP contribution in [-0.2, 0) is 13.1 Å². The Labute approximate surface area is 438 Å². The van der Waals surface area contributed by atoms with Crippen LogP contribution < -0.4 is 9.47 Å². The highest BCUT2D eigenvalue weighted by molar-refractivity contribution is 6.02. The van der Waals surface area contributed by atoms with Crippen LogP contribution in [0.2, 0.25) is 0 Å². The fourth-order valence-corrected chi connectivity index (χ4v) is 10.6. The maximum atomic E-state index is 15.0. The number of benzene rings is 7. The zero-order chi connectivity index (χ0) is 51.7. The number of aromatic nitrogens is 2. The van der Waals surface area contributed by atoms with Crippen LogP contribution in [-0.4, -0.2) is 73.4 Å². The predicted octanol–water partition coefficient (Wildman–Crippen LogP) is 15.6. The Balaban J connectivity index is 1.23. The third-order valence-electron chi connectivity index (χ3n) is 14.4. The molecule has 0 saturated carbocycles. The van der Waals surface area contributed by atoms with Gasteiger partial charge in [-0.3, -0.25) is 0 Å². The summed E-state index contributed by atoms with van der Waals surface area (Å²) in [4.78, 5) is 4.26. The first-order valence-electron chi connectivity index (χ1n) is 26.4. The van der Waals surface area contributed by atoms with E-state index in [2.05, 4.69) is 233 Å². The first-order valence-corrected chi connectivity index (χ1v) is 26.4. The lowest BCUT2D eigenvalue weighted by molar-refractivity contribution is 0.261. The highest BCUT2D eigenvalue weighted by Gasteiger charge is 2.27. The van der Waals surface area contributed by atoms with Gasteiger partial charge in [0.05, 0.1) is 0 Å². The van der Waals surface area contributed by atoms with E-state index in [0.29, 0.717) is 13.2 Å². The molecule has 0 unspecified atom stereocenters. The van der Waals surface area contributed by atoms with Crippen molar-refractivity contribution in [3.63, 3.8) is 0 Å². The first-order chi connectivity index (χ1) is 36.1. The van der Waals surface area contributed by atoms with Crippen molar-refractivity contribution >= 4 is 44.1 Å². The molecule has 7 aromatic carbocycles. The monoisotopic (exact) mass is 983 g/mol. The molecule has 0 amide bonds. The third-order valence-corrected chi connectivity index (χ3v) is 14.4. The molecule has 0 saturated heterocycles. The molecule has 9 aromatic rings. The summed E-state index contributed by atoms with van der Waals surface area (Å²) in [6.07, 6.45) is 6.34. The highest BCUT2D eigenvalue weighted by atomic mass is 19.1. The average Bonchev–Trinajstić information content (AvgIpc) is 3.98. The van der Waals surface area contributed by atoms with E-state index in [1.807, 2.05) is 12.1 Å². The minimum atomic E-state index is -0.248. The minimum absolute atomic E-state index is 0.211. The third kappa shape index (κ3) is 11.2. The number of hydrogen-bond acceptors (Lipinski definition) is 4. The summed E-state index contributed by atoms with van der Waals surface area (Å²) >= 11 is 0. The molecule has 7 heteroatoms. The lowest BCUT2D eigenvalue weighted by atomic mass is 9.83. The number of aryl methyl sites for hydroxylation is 2. The molecule has 6 nitrogen and oxygen atoms in total. The molecule has 378 valence electrons. The summed E-state index contributed by atoms with van der Waals surface area (Å²) in [5.41, 5.74) is 17.7. The van der Waals surface area contributed by atoms with E-state index in [1.165, 1.54) is 77.5 Å². The van der Waals surface area contributed by atoms with E-state index in [9.17, 15) is 0 Å². The van der Waals surface area contributed by atoms with Crippen molar-refractivity contribution < 1.29 is 13.9 Å². The summed E-state index contributed by atoms with van der Waals surface area (Å²) in [7, 11) is 8.24. The Morgan fingerprint density at radius 1 is 0.459 bits per heavy atom. The zero-order valence-corrected chi connectivity index (χ0v) is 44.5. The van der Waals surface area contributed by atoms with Crippen LogP contribution in [0.5, 0.6) is 11.5 Å². The van der Waals surface area contributed by atoms with Crippen LogP contribution in [0.15, 0.2) is 182 Å². The molecule has 0 aliphatic rings. The van der Waals surface area contributed by atoms with Crippen molar-refractivity contribution in [2.75, 3.05) is 54.5 Å². The molecule has 0 radical (unpaired) electrons. The lowest BCUT2D eigenvalue weighted by Gasteiger charge is -2.20. The van der Waals surface area contributed by atoms with Crippen molar-refractivity contribution in [1.82, 2.24) is 18.9 Å². The lowest BCUT2D eigenvalue weighted by Crippen LogP contribution is -2.19. The topological polar surface area (TPSA) is 34.8 Å². The van der Waals surface area contributed by atoms with Gasteiger partial charge in [0.25, 0.3) is 0 Å².